The van der Waals surface area contributed by atoms with E-state index in [1.807, 2.05) is 30.3 Å². The van der Waals surface area contributed by atoms with Crippen LogP contribution in [0.3, 0.4) is 0 Å². The molecule has 3 rings (SSSR count). The Morgan fingerprint density at radius 1 is 1.09 bits per heavy atom. The Kier molecular flexibility index (Phi) is 6.70. The quantitative estimate of drug-likeness (QED) is 0.831. The van der Waals surface area contributed by atoms with Gasteiger partial charge in [-0.1, -0.05) is 30.7 Å². The van der Waals surface area contributed by atoms with Gasteiger partial charge in [-0.05, 0) is 50.3 Å². The number of halogens is 1. The lowest BCUT2D eigenvalue weighted by molar-refractivity contribution is -0.708. The fourth-order valence-electron chi connectivity index (χ4n) is 3.22. The van der Waals surface area contributed by atoms with Crippen LogP contribution in [0.15, 0.2) is 40.8 Å². The van der Waals surface area contributed by atoms with Gasteiger partial charge in [0.15, 0.2) is 5.76 Å². The largest absolute Gasteiger partial charge is 1.00 e. The maximum absolute atomic E-state index is 9.56. The third-order valence-corrected chi connectivity index (χ3v) is 4.64. The van der Waals surface area contributed by atoms with Crippen LogP contribution in [0.25, 0.3) is 11.3 Å². The molecule has 4 heteroatoms. The van der Waals surface area contributed by atoms with Crippen molar-refractivity contribution < 1.29 is 27.2 Å². The Morgan fingerprint density at radius 2 is 1.78 bits per heavy atom. The SMILES string of the molecule is CC(O)c1ccc(-c2ccc(C[NH2+]C3CCCCC3)o2)cc1.[Cl-]. The van der Waals surface area contributed by atoms with Gasteiger partial charge >= 0.3 is 0 Å². The predicted molar refractivity (Wildman–Crippen MR) is 87.3 cm³/mol. The minimum atomic E-state index is -0.425. The van der Waals surface area contributed by atoms with E-state index in [0.717, 1.165) is 35.2 Å². The number of aliphatic hydroxyl groups excluding tert-OH is 1. The molecule has 1 aliphatic carbocycles. The molecule has 1 heterocycles. The van der Waals surface area contributed by atoms with E-state index in [9.17, 15) is 5.11 Å². The van der Waals surface area contributed by atoms with Gasteiger partial charge in [0, 0.05) is 5.56 Å². The summed E-state index contributed by atoms with van der Waals surface area (Å²) in [4.78, 5) is 0. The van der Waals surface area contributed by atoms with E-state index in [1.54, 1.807) is 6.92 Å². The van der Waals surface area contributed by atoms with Gasteiger partial charge in [0.1, 0.15) is 12.3 Å². The maximum atomic E-state index is 9.56. The number of benzene rings is 1. The molecule has 1 aliphatic rings. The number of nitrogens with two attached hydrogens (primary N) is 1. The standard InChI is InChI=1S/C19H25NO2.ClH/c1-14(21)15-7-9-16(10-8-15)19-12-11-18(22-19)13-20-17-5-3-2-4-6-17;/h7-12,14,17,20-21H,2-6,13H2,1H3;1H. The van der Waals surface area contributed by atoms with E-state index in [0.29, 0.717) is 0 Å². The van der Waals surface area contributed by atoms with Crippen LogP contribution in [0, 0.1) is 0 Å². The summed E-state index contributed by atoms with van der Waals surface area (Å²) in [7, 11) is 0. The van der Waals surface area contributed by atoms with E-state index in [-0.39, 0.29) is 12.4 Å². The summed E-state index contributed by atoms with van der Waals surface area (Å²) in [5.74, 6) is 1.95. The fourth-order valence-corrected chi connectivity index (χ4v) is 3.22. The van der Waals surface area contributed by atoms with Crippen molar-refractivity contribution in [1.29, 1.82) is 0 Å². The molecule has 23 heavy (non-hydrogen) atoms. The van der Waals surface area contributed by atoms with Crippen LogP contribution in [-0.2, 0) is 6.54 Å². The summed E-state index contributed by atoms with van der Waals surface area (Å²) in [6, 6.07) is 12.8. The molecule has 0 spiro atoms. The predicted octanol–water partition coefficient (Wildman–Crippen LogP) is 0.400. The molecule has 0 aliphatic heterocycles. The first-order valence-electron chi connectivity index (χ1n) is 8.43. The van der Waals surface area contributed by atoms with Crippen LogP contribution in [0.4, 0.5) is 0 Å². The Labute approximate surface area is 144 Å². The molecule has 0 radical (unpaired) electrons. The first-order valence-corrected chi connectivity index (χ1v) is 8.43. The Balaban J connectivity index is 0.00000192. The minimum absolute atomic E-state index is 0. The second-order valence-electron chi connectivity index (χ2n) is 6.40. The van der Waals surface area contributed by atoms with E-state index < -0.39 is 6.10 Å². The molecular weight excluding hydrogens is 310 g/mol. The van der Waals surface area contributed by atoms with Crippen molar-refractivity contribution in [3.63, 3.8) is 0 Å². The molecule has 3 N–H and O–H groups in total. The second-order valence-corrected chi connectivity index (χ2v) is 6.40. The topological polar surface area (TPSA) is 50.0 Å². The number of aliphatic hydroxyl groups is 1. The molecule has 1 saturated carbocycles. The summed E-state index contributed by atoms with van der Waals surface area (Å²) < 4.78 is 5.97. The van der Waals surface area contributed by atoms with Crippen LogP contribution in [-0.4, -0.2) is 11.1 Å². The van der Waals surface area contributed by atoms with Crippen LogP contribution >= 0.6 is 0 Å². The number of hydrogen-bond donors (Lipinski definition) is 2. The summed E-state index contributed by atoms with van der Waals surface area (Å²) in [6.07, 6.45) is 6.41. The van der Waals surface area contributed by atoms with Crippen LogP contribution in [0.2, 0.25) is 0 Å². The van der Waals surface area contributed by atoms with Gasteiger partial charge < -0.3 is 27.2 Å². The zero-order chi connectivity index (χ0) is 15.4. The van der Waals surface area contributed by atoms with Gasteiger partial charge in [0.05, 0.1) is 12.1 Å². The van der Waals surface area contributed by atoms with Crippen molar-refractivity contribution in [2.24, 2.45) is 0 Å². The number of quaternary nitrogens is 1. The first-order chi connectivity index (χ1) is 10.7. The third-order valence-electron chi connectivity index (χ3n) is 4.64. The maximum Gasteiger partial charge on any atom is 0.158 e. The second kappa shape index (κ2) is 8.53. The smallest absolute Gasteiger partial charge is 0.158 e. The van der Waals surface area contributed by atoms with Gasteiger partial charge in [-0.2, -0.15) is 0 Å². The van der Waals surface area contributed by atoms with Crippen LogP contribution < -0.4 is 17.7 Å². The van der Waals surface area contributed by atoms with Crippen molar-refractivity contribution in [2.45, 2.75) is 57.7 Å². The lowest BCUT2D eigenvalue weighted by atomic mass is 9.95. The van der Waals surface area contributed by atoms with E-state index in [2.05, 4.69) is 11.4 Å². The van der Waals surface area contributed by atoms with E-state index >= 15 is 0 Å². The Morgan fingerprint density at radius 3 is 2.43 bits per heavy atom. The normalized spacial score (nSPS) is 16.8. The molecule has 0 amide bonds. The molecule has 0 saturated heterocycles. The minimum Gasteiger partial charge on any atom is -1.00 e. The van der Waals surface area contributed by atoms with Gasteiger partial charge in [-0.3, -0.25) is 0 Å². The highest BCUT2D eigenvalue weighted by Gasteiger charge is 2.16. The molecule has 1 unspecified atom stereocenters. The van der Waals surface area contributed by atoms with Gasteiger partial charge in [0.25, 0.3) is 0 Å². The van der Waals surface area contributed by atoms with Gasteiger partial charge in [-0.25, -0.2) is 0 Å². The van der Waals surface area contributed by atoms with E-state index in [4.69, 9.17) is 4.42 Å². The van der Waals surface area contributed by atoms with Crippen LogP contribution in [0.5, 0.6) is 0 Å². The average Bonchev–Trinajstić information content (AvgIpc) is 3.03. The van der Waals surface area contributed by atoms with Crippen molar-refractivity contribution in [3.8, 4) is 11.3 Å². The molecule has 0 bridgehead atoms. The number of rotatable bonds is 5. The summed E-state index contributed by atoms with van der Waals surface area (Å²) in [5, 5.41) is 12.0. The highest BCUT2D eigenvalue weighted by atomic mass is 35.5. The molecule has 3 nitrogen and oxygen atoms in total. The lowest BCUT2D eigenvalue weighted by Gasteiger charge is -2.19. The molecule has 1 fully saturated rings. The van der Waals surface area contributed by atoms with E-state index in [1.165, 1.54) is 32.1 Å². The molecule has 1 atom stereocenters. The monoisotopic (exact) mass is 335 g/mol. The van der Waals surface area contributed by atoms with Crippen molar-refractivity contribution in [2.75, 3.05) is 0 Å². The van der Waals surface area contributed by atoms with Crippen molar-refractivity contribution >= 4 is 0 Å². The number of hydrogen-bond acceptors (Lipinski definition) is 2. The van der Waals surface area contributed by atoms with Crippen molar-refractivity contribution in [1.82, 2.24) is 0 Å². The first kappa shape index (κ1) is 18.1. The summed E-state index contributed by atoms with van der Waals surface area (Å²) in [6.45, 7) is 2.71. The van der Waals surface area contributed by atoms with Gasteiger partial charge in [-0.15, -0.1) is 0 Å². The number of furan rings is 1. The Bertz CT molecular complexity index is 586. The van der Waals surface area contributed by atoms with Gasteiger partial charge in [0.2, 0.25) is 0 Å². The lowest BCUT2D eigenvalue weighted by Crippen LogP contribution is -3.00. The van der Waals surface area contributed by atoms with Crippen LogP contribution in [0.1, 0.15) is 56.5 Å². The molecular formula is C19H26ClNO2. The molecule has 126 valence electrons. The average molecular weight is 336 g/mol. The zero-order valence-corrected chi connectivity index (χ0v) is 14.4. The molecule has 2 aromatic rings. The summed E-state index contributed by atoms with van der Waals surface area (Å²) >= 11 is 0. The third kappa shape index (κ3) is 4.84. The fraction of sp³-hybridized carbons (Fsp3) is 0.474. The summed E-state index contributed by atoms with van der Waals surface area (Å²) in [5.41, 5.74) is 1.99. The highest BCUT2D eigenvalue weighted by Crippen LogP contribution is 2.24. The highest BCUT2D eigenvalue weighted by molar-refractivity contribution is 5.58. The zero-order valence-electron chi connectivity index (χ0n) is 13.7. The Hall–Kier alpha value is -1.29. The van der Waals surface area contributed by atoms with Crippen molar-refractivity contribution in [3.05, 3.63) is 47.7 Å². The molecule has 1 aromatic heterocycles. The molecule has 1 aromatic carbocycles.